The summed E-state index contributed by atoms with van der Waals surface area (Å²) in [7, 11) is 1.53. The van der Waals surface area contributed by atoms with Gasteiger partial charge >= 0.3 is 5.70 Å². The van der Waals surface area contributed by atoms with Gasteiger partial charge in [0.05, 0.1) is 24.0 Å². The summed E-state index contributed by atoms with van der Waals surface area (Å²) >= 11 is 0. The molecule has 0 aromatic heterocycles. The predicted molar refractivity (Wildman–Crippen MR) is 60.4 cm³/mol. The molecular formula is C10H15N3O3. The molecule has 16 heavy (non-hydrogen) atoms. The molecule has 1 aliphatic heterocycles. The van der Waals surface area contributed by atoms with Gasteiger partial charge in [0, 0.05) is 13.0 Å². The molecule has 0 saturated heterocycles. The van der Waals surface area contributed by atoms with Crippen LogP contribution in [0.1, 0.15) is 12.8 Å². The lowest BCUT2D eigenvalue weighted by Gasteiger charge is -2.14. The number of ether oxygens (including phenoxy) is 1. The fraction of sp³-hybridized carbons (Fsp3) is 0.500. The maximum absolute atomic E-state index is 10.8. The molecule has 1 unspecified atom stereocenters. The molecule has 0 aliphatic carbocycles. The Morgan fingerprint density at radius 1 is 1.75 bits per heavy atom. The minimum atomic E-state index is -0.513. The van der Waals surface area contributed by atoms with Crippen LogP contribution in [0, 0.1) is 16.0 Å². The molecule has 6 nitrogen and oxygen atoms in total. The van der Waals surface area contributed by atoms with Crippen molar-refractivity contribution in [2.45, 2.75) is 12.8 Å². The fourth-order valence-electron chi connectivity index (χ4n) is 1.65. The van der Waals surface area contributed by atoms with Crippen molar-refractivity contribution in [3.05, 3.63) is 34.3 Å². The number of nitrogens with two attached hydrogens (primary N) is 1. The molecule has 0 radical (unpaired) electrons. The first-order valence-corrected chi connectivity index (χ1v) is 5.00. The van der Waals surface area contributed by atoms with E-state index in [-0.39, 0.29) is 11.6 Å². The SMILES string of the molecule is CN=C(C(=CN)[N+](=O)[O-])C1CCC=COC1. The van der Waals surface area contributed by atoms with Crippen molar-refractivity contribution in [1.29, 1.82) is 0 Å². The lowest BCUT2D eigenvalue weighted by molar-refractivity contribution is -0.415. The quantitative estimate of drug-likeness (QED) is 0.442. The summed E-state index contributed by atoms with van der Waals surface area (Å²) in [5.41, 5.74) is 5.51. The van der Waals surface area contributed by atoms with Gasteiger partial charge in [-0.15, -0.1) is 0 Å². The minimum Gasteiger partial charge on any atom is -0.501 e. The van der Waals surface area contributed by atoms with Crippen LogP contribution in [-0.4, -0.2) is 24.3 Å². The normalized spacial score (nSPS) is 22.4. The number of aliphatic imine (C=N–C) groups is 1. The molecule has 0 aromatic rings. The van der Waals surface area contributed by atoms with Crippen LogP contribution in [0.25, 0.3) is 0 Å². The molecule has 1 heterocycles. The Balaban J connectivity index is 2.86. The molecule has 0 aromatic carbocycles. The Morgan fingerprint density at radius 3 is 3.06 bits per heavy atom. The summed E-state index contributed by atoms with van der Waals surface area (Å²) in [6.45, 7) is 0.397. The molecule has 1 aliphatic rings. The average Bonchev–Trinajstić information content (AvgIpc) is 2.53. The van der Waals surface area contributed by atoms with Gasteiger partial charge in [-0.05, 0) is 18.9 Å². The number of hydrogen-bond donors (Lipinski definition) is 1. The van der Waals surface area contributed by atoms with Gasteiger partial charge in [0.1, 0.15) is 5.71 Å². The van der Waals surface area contributed by atoms with Crippen LogP contribution in [0.15, 0.2) is 29.2 Å². The van der Waals surface area contributed by atoms with Gasteiger partial charge in [-0.3, -0.25) is 15.1 Å². The van der Waals surface area contributed by atoms with E-state index in [9.17, 15) is 10.1 Å². The average molecular weight is 225 g/mol. The van der Waals surface area contributed by atoms with E-state index in [1.807, 2.05) is 6.08 Å². The second kappa shape index (κ2) is 5.89. The maximum Gasteiger partial charge on any atom is 0.305 e. The Hall–Kier alpha value is -1.85. The summed E-state index contributed by atoms with van der Waals surface area (Å²) in [5, 5.41) is 10.8. The molecule has 0 bridgehead atoms. The van der Waals surface area contributed by atoms with E-state index in [2.05, 4.69) is 4.99 Å². The van der Waals surface area contributed by atoms with Gasteiger partial charge in [0.2, 0.25) is 0 Å². The third-order valence-corrected chi connectivity index (χ3v) is 2.42. The van der Waals surface area contributed by atoms with Gasteiger partial charge in [-0.1, -0.05) is 0 Å². The summed E-state index contributed by atoms with van der Waals surface area (Å²) in [5.74, 6) is -0.0831. The highest BCUT2D eigenvalue weighted by Gasteiger charge is 2.27. The lowest BCUT2D eigenvalue weighted by Crippen LogP contribution is -2.25. The second-order valence-electron chi connectivity index (χ2n) is 3.40. The number of nitro groups is 1. The number of nitrogens with zero attached hydrogens (tertiary/aromatic N) is 2. The standard InChI is InChI=1S/C10H15N3O3/c1-12-10(9(6-11)13(14)15)8-4-2-3-5-16-7-8/h3,5-6,8H,2,4,7,11H2,1H3. The molecule has 0 saturated carbocycles. The Labute approximate surface area is 93.6 Å². The van der Waals surface area contributed by atoms with Crippen molar-refractivity contribution in [1.82, 2.24) is 0 Å². The maximum atomic E-state index is 10.8. The van der Waals surface area contributed by atoms with Crippen LogP contribution in [-0.2, 0) is 4.74 Å². The van der Waals surface area contributed by atoms with E-state index >= 15 is 0 Å². The second-order valence-corrected chi connectivity index (χ2v) is 3.40. The summed E-state index contributed by atoms with van der Waals surface area (Å²) in [4.78, 5) is 14.2. The van der Waals surface area contributed by atoms with Gasteiger partial charge < -0.3 is 10.5 Å². The summed E-state index contributed by atoms with van der Waals surface area (Å²) in [6, 6.07) is 0. The van der Waals surface area contributed by atoms with E-state index in [1.54, 1.807) is 6.26 Å². The van der Waals surface area contributed by atoms with Crippen LogP contribution in [0.4, 0.5) is 0 Å². The molecule has 0 amide bonds. The van der Waals surface area contributed by atoms with Crippen molar-refractivity contribution in [3.63, 3.8) is 0 Å². The Morgan fingerprint density at radius 2 is 2.50 bits per heavy atom. The smallest absolute Gasteiger partial charge is 0.305 e. The number of hydrogen-bond acceptors (Lipinski definition) is 5. The van der Waals surface area contributed by atoms with Gasteiger partial charge in [0.25, 0.3) is 0 Å². The van der Waals surface area contributed by atoms with E-state index < -0.39 is 4.92 Å². The minimum absolute atomic E-state index is 0.0831. The highest BCUT2D eigenvalue weighted by Crippen LogP contribution is 2.18. The van der Waals surface area contributed by atoms with Gasteiger partial charge in [-0.25, -0.2) is 0 Å². The Kier molecular flexibility index (Phi) is 4.50. The molecule has 1 atom stereocenters. The van der Waals surface area contributed by atoms with Crippen molar-refractivity contribution < 1.29 is 9.66 Å². The first-order valence-electron chi connectivity index (χ1n) is 5.00. The first-order chi connectivity index (χ1) is 7.70. The molecule has 88 valence electrons. The van der Waals surface area contributed by atoms with Gasteiger partial charge in [-0.2, -0.15) is 0 Å². The molecule has 1 rings (SSSR count). The van der Waals surface area contributed by atoms with E-state index in [1.165, 1.54) is 7.05 Å². The lowest BCUT2D eigenvalue weighted by atomic mass is 9.96. The topological polar surface area (TPSA) is 90.8 Å². The van der Waals surface area contributed by atoms with Crippen LogP contribution in [0.3, 0.4) is 0 Å². The third kappa shape index (κ3) is 2.82. The number of allylic oxidation sites excluding steroid dienone is 2. The third-order valence-electron chi connectivity index (χ3n) is 2.42. The summed E-state index contributed by atoms with van der Waals surface area (Å²) < 4.78 is 5.21. The predicted octanol–water partition coefficient (Wildman–Crippen LogP) is 1.07. The van der Waals surface area contributed by atoms with Crippen molar-refractivity contribution >= 4 is 5.71 Å². The zero-order valence-corrected chi connectivity index (χ0v) is 9.13. The number of rotatable bonds is 3. The van der Waals surface area contributed by atoms with E-state index in [4.69, 9.17) is 10.5 Å². The van der Waals surface area contributed by atoms with Crippen LogP contribution < -0.4 is 5.73 Å². The molecular weight excluding hydrogens is 210 g/mol. The van der Waals surface area contributed by atoms with Crippen LogP contribution in [0.2, 0.25) is 0 Å². The molecule has 2 N–H and O–H groups in total. The Bertz CT molecular complexity index is 337. The van der Waals surface area contributed by atoms with Crippen LogP contribution in [0.5, 0.6) is 0 Å². The molecule has 0 spiro atoms. The van der Waals surface area contributed by atoms with Crippen LogP contribution >= 0.6 is 0 Å². The monoisotopic (exact) mass is 225 g/mol. The van der Waals surface area contributed by atoms with Crippen molar-refractivity contribution in [2.24, 2.45) is 16.6 Å². The van der Waals surface area contributed by atoms with E-state index in [0.717, 1.165) is 19.0 Å². The zero-order valence-electron chi connectivity index (χ0n) is 9.13. The van der Waals surface area contributed by atoms with Crippen molar-refractivity contribution in [3.8, 4) is 0 Å². The highest BCUT2D eigenvalue weighted by molar-refractivity contribution is 5.99. The fourth-order valence-corrected chi connectivity index (χ4v) is 1.65. The highest BCUT2D eigenvalue weighted by atomic mass is 16.6. The zero-order chi connectivity index (χ0) is 12.0. The van der Waals surface area contributed by atoms with Gasteiger partial charge in [0.15, 0.2) is 0 Å². The van der Waals surface area contributed by atoms with E-state index in [0.29, 0.717) is 12.3 Å². The first kappa shape index (κ1) is 12.2. The molecule has 6 heteroatoms. The van der Waals surface area contributed by atoms with Crippen molar-refractivity contribution in [2.75, 3.05) is 13.7 Å². The summed E-state index contributed by atoms with van der Waals surface area (Å²) in [6.07, 6.45) is 6.09. The molecule has 0 fully saturated rings. The largest absolute Gasteiger partial charge is 0.501 e.